The SMILES string of the molecule is CCc1n[pH]pc1CC. The van der Waals surface area contributed by atoms with Crippen molar-refractivity contribution in [2.45, 2.75) is 26.7 Å². The molecule has 1 nitrogen and oxygen atoms in total. The summed E-state index contributed by atoms with van der Waals surface area (Å²) in [7, 11) is 2.28. The lowest BCUT2D eigenvalue weighted by Gasteiger charge is -1.91. The Hall–Kier alpha value is 0.140. The van der Waals surface area contributed by atoms with Crippen LogP contribution < -0.4 is 0 Å². The van der Waals surface area contributed by atoms with E-state index in [0.29, 0.717) is 0 Å². The van der Waals surface area contributed by atoms with Crippen LogP contribution in [0.4, 0.5) is 0 Å². The molecule has 0 aliphatic rings. The second-order valence-corrected chi connectivity index (χ2v) is 4.38. The van der Waals surface area contributed by atoms with Crippen molar-refractivity contribution in [1.29, 1.82) is 0 Å². The van der Waals surface area contributed by atoms with Crippen LogP contribution in [-0.4, -0.2) is 4.75 Å². The molecule has 0 N–H and O–H groups in total. The van der Waals surface area contributed by atoms with E-state index in [-0.39, 0.29) is 0 Å². The Kier molecular flexibility index (Phi) is 2.69. The summed E-state index contributed by atoms with van der Waals surface area (Å²) >= 11 is 0. The molecule has 1 aromatic heterocycles. The molecule has 0 aliphatic carbocycles. The van der Waals surface area contributed by atoms with Crippen molar-refractivity contribution >= 4 is 15.9 Å². The van der Waals surface area contributed by atoms with E-state index >= 15 is 0 Å². The summed E-state index contributed by atoms with van der Waals surface area (Å²) in [5.41, 5.74) is 1.37. The van der Waals surface area contributed by atoms with Crippen molar-refractivity contribution in [1.82, 2.24) is 4.75 Å². The van der Waals surface area contributed by atoms with Crippen LogP contribution >= 0.6 is 15.9 Å². The molecule has 0 bridgehead atoms. The molecule has 1 heterocycles. The minimum atomic E-state index is 0.806. The van der Waals surface area contributed by atoms with Crippen molar-refractivity contribution in [3.63, 3.8) is 0 Å². The quantitative estimate of drug-likeness (QED) is 0.646. The van der Waals surface area contributed by atoms with Gasteiger partial charge in [-0.15, -0.1) is 0 Å². The van der Waals surface area contributed by atoms with E-state index in [4.69, 9.17) is 0 Å². The number of hydrogen-bond donors (Lipinski definition) is 0. The predicted molar refractivity (Wildman–Crippen MR) is 45.0 cm³/mol. The van der Waals surface area contributed by atoms with E-state index < -0.39 is 0 Å². The first-order valence-corrected chi connectivity index (χ1v) is 5.95. The van der Waals surface area contributed by atoms with E-state index in [1.54, 1.807) is 5.30 Å². The zero-order chi connectivity index (χ0) is 6.69. The molecule has 1 rings (SSSR count). The van der Waals surface area contributed by atoms with E-state index in [9.17, 15) is 0 Å². The molecule has 0 radical (unpaired) electrons. The highest BCUT2D eigenvalue weighted by molar-refractivity contribution is 7.89. The van der Waals surface area contributed by atoms with Crippen LogP contribution in [0.15, 0.2) is 0 Å². The average Bonchev–Trinajstić information content (AvgIpc) is 2.33. The first-order valence-electron chi connectivity index (χ1n) is 3.27. The van der Waals surface area contributed by atoms with Gasteiger partial charge in [0.2, 0.25) is 0 Å². The Morgan fingerprint density at radius 1 is 1.44 bits per heavy atom. The van der Waals surface area contributed by atoms with E-state index in [2.05, 4.69) is 18.6 Å². The largest absolute Gasteiger partial charge is 0.240 e. The number of aryl methyl sites for hydroxylation is 2. The summed E-state index contributed by atoms with van der Waals surface area (Å²) < 4.78 is 4.40. The van der Waals surface area contributed by atoms with Gasteiger partial charge in [-0.3, -0.25) is 0 Å². The van der Waals surface area contributed by atoms with E-state index in [0.717, 1.165) is 14.4 Å². The van der Waals surface area contributed by atoms with Crippen LogP contribution in [0.5, 0.6) is 0 Å². The fourth-order valence-electron chi connectivity index (χ4n) is 0.841. The van der Waals surface area contributed by atoms with Gasteiger partial charge < -0.3 is 0 Å². The molecule has 0 fully saturated rings. The highest BCUT2D eigenvalue weighted by Crippen LogP contribution is 2.28. The Labute approximate surface area is 59.0 Å². The normalized spacial score (nSPS) is 11.8. The van der Waals surface area contributed by atoms with Gasteiger partial charge in [0, 0.05) is 5.30 Å². The molecule has 50 valence electrons. The second kappa shape index (κ2) is 3.34. The van der Waals surface area contributed by atoms with Gasteiger partial charge in [-0.25, -0.2) is 4.75 Å². The van der Waals surface area contributed by atoms with Gasteiger partial charge in [0.15, 0.2) is 0 Å². The maximum absolute atomic E-state index is 4.40. The Morgan fingerprint density at radius 3 is 2.67 bits per heavy atom. The molecule has 1 aromatic rings. The minimum Gasteiger partial charge on any atom is -0.240 e. The van der Waals surface area contributed by atoms with Gasteiger partial charge in [-0.1, -0.05) is 13.8 Å². The molecule has 0 aliphatic heterocycles. The summed E-state index contributed by atoms with van der Waals surface area (Å²) in [6.07, 6.45) is 2.32. The summed E-state index contributed by atoms with van der Waals surface area (Å²) in [4.78, 5) is 0. The highest BCUT2D eigenvalue weighted by atomic mass is 31.8. The minimum absolute atomic E-state index is 0.806. The van der Waals surface area contributed by atoms with Crippen LogP contribution in [0.3, 0.4) is 0 Å². The van der Waals surface area contributed by atoms with Crippen LogP contribution in [-0.2, 0) is 12.8 Å². The van der Waals surface area contributed by atoms with Gasteiger partial charge in [0.05, 0.1) is 5.69 Å². The zero-order valence-corrected chi connectivity index (χ0v) is 7.70. The smallest absolute Gasteiger partial charge is 0.0523 e. The average molecular weight is 159 g/mol. The summed E-state index contributed by atoms with van der Waals surface area (Å²) in [5, 5.41) is 1.57. The maximum Gasteiger partial charge on any atom is 0.0523 e. The fourth-order valence-corrected chi connectivity index (χ4v) is 3.75. The Morgan fingerprint density at radius 2 is 2.22 bits per heavy atom. The van der Waals surface area contributed by atoms with E-state index in [1.165, 1.54) is 20.0 Å². The molecule has 0 aromatic carbocycles. The van der Waals surface area contributed by atoms with Gasteiger partial charge in [-0.05, 0) is 28.7 Å². The van der Waals surface area contributed by atoms with Crippen molar-refractivity contribution in [2.75, 3.05) is 0 Å². The lowest BCUT2D eigenvalue weighted by molar-refractivity contribution is 1.02. The predicted octanol–water partition coefficient (Wildman–Crippen LogP) is 2.82. The monoisotopic (exact) mass is 159 g/mol. The van der Waals surface area contributed by atoms with Gasteiger partial charge in [-0.2, -0.15) is 0 Å². The van der Waals surface area contributed by atoms with Crippen LogP contribution in [0, 0.1) is 0 Å². The zero-order valence-electron chi connectivity index (χ0n) is 5.81. The van der Waals surface area contributed by atoms with E-state index in [1.807, 2.05) is 0 Å². The van der Waals surface area contributed by atoms with Crippen molar-refractivity contribution in [2.24, 2.45) is 0 Å². The number of hydrogen-bond acceptors (Lipinski definition) is 1. The molecule has 0 saturated heterocycles. The fraction of sp³-hybridized carbons (Fsp3) is 0.667. The van der Waals surface area contributed by atoms with Crippen molar-refractivity contribution in [3.8, 4) is 0 Å². The van der Waals surface area contributed by atoms with Crippen LogP contribution in [0.2, 0.25) is 0 Å². The molecule has 1 unspecified atom stereocenters. The molecule has 0 amide bonds. The van der Waals surface area contributed by atoms with Crippen molar-refractivity contribution < 1.29 is 0 Å². The lowest BCUT2D eigenvalue weighted by atomic mass is 10.2. The second-order valence-electron chi connectivity index (χ2n) is 1.92. The molecular formula is C6H11NP2. The molecule has 0 spiro atoms. The van der Waals surface area contributed by atoms with Gasteiger partial charge in [0.25, 0.3) is 0 Å². The van der Waals surface area contributed by atoms with Crippen LogP contribution in [0.1, 0.15) is 24.8 Å². The Balaban J connectivity index is 2.85. The third kappa shape index (κ3) is 1.53. The maximum atomic E-state index is 4.40. The lowest BCUT2D eigenvalue weighted by Crippen LogP contribution is -1.83. The number of aromatic nitrogens is 1. The van der Waals surface area contributed by atoms with Crippen LogP contribution in [0.25, 0.3) is 0 Å². The Bertz CT molecular complexity index is 164. The first-order chi connectivity index (χ1) is 4.38. The molecule has 9 heavy (non-hydrogen) atoms. The van der Waals surface area contributed by atoms with Crippen molar-refractivity contribution in [3.05, 3.63) is 11.0 Å². The molecule has 1 atom stereocenters. The van der Waals surface area contributed by atoms with Gasteiger partial charge >= 0.3 is 0 Å². The third-order valence-corrected chi connectivity index (χ3v) is 4.10. The first kappa shape index (κ1) is 7.25. The topological polar surface area (TPSA) is 12.9 Å². The standard InChI is InChI=1S/C6H11NP2/c1-3-5-6(4-2)8-9-7-5/h9H,3-4H2,1-2H3. The summed E-state index contributed by atoms with van der Waals surface area (Å²) in [5.74, 6) is 0. The van der Waals surface area contributed by atoms with Gasteiger partial charge in [0.1, 0.15) is 0 Å². The summed E-state index contributed by atoms with van der Waals surface area (Å²) in [6, 6.07) is 0. The molecule has 3 heteroatoms. The highest BCUT2D eigenvalue weighted by Gasteiger charge is 1.98. The molecule has 0 saturated carbocycles. The summed E-state index contributed by atoms with van der Waals surface area (Å²) in [6.45, 7) is 4.39. The third-order valence-electron chi connectivity index (χ3n) is 1.37. The molecular weight excluding hydrogens is 148 g/mol. The number of nitrogens with zero attached hydrogens (tertiary/aromatic N) is 1. The number of rotatable bonds is 2.